The molecular weight excluding hydrogens is 295 g/mol. The van der Waals surface area contributed by atoms with Crippen molar-refractivity contribution in [3.05, 3.63) is 35.6 Å². The molecule has 122 valence electrons. The summed E-state index contributed by atoms with van der Waals surface area (Å²) in [5.41, 5.74) is 0.866. The Balaban J connectivity index is 2.68. The molecule has 0 aliphatic heterocycles. The number of hydrogen-bond donors (Lipinski definition) is 0. The lowest BCUT2D eigenvalue weighted by molar-refractivity contribution is -0.0255. The highest BCUT2D eigenvalue weighted by Crippen LogP contribution is 2.16. The fraction of sp³-hybridized carbons (Fsp3) is 0.467. The summed E-state index contributed by atoms with van der Waals surface area (Å²) < 4.78 is 31.6. The van der Waals surface area contributed by atoms with Crippen molar-refractivity contribution >= 4 is 12.3 Å². The van der Waals surface area contributed by atoms with E-state index in [2.05, 4.69) is 9.47 Å². The Morgan fingerprint density at radius 1 is 1.09 bits per heavy atom. The van der Waals surface area contributed by atoms with Crippen LogP contribution < -0.4 is 0 Å². The molecule has 7 heteroatoms. The molecule has 0 fully saturated rings. The van der Waals surface area contributed by atoms with E-state index in [0.29, 0.717) is 6.42 Å². The van der Waals surface area contributed by atoms with Crippen LogP contribution in [0.25, 0.3) is 0 Å². The number of hydrogen-bond acceptors (Lipinski definition) is 6. The molecule has 0 amide bonds. The second kappa shape index (κ2) is 8.86. The van der Waals surface area contributed by atoms with Crippen LogP contribution in [-0.4, -0.2) is 39.2 Å². The summed E-state index contributed by atoms with van der Waals surface area (Å²) in [5.74, 6) is -0.512. The van der Waals surface area contributed by atoms with Gasteiger partial charge < -0.3 is 18.9 Å². The van der Waals surface area contributed by atoms with Crippen LogP contribution in [0.15, 0.2) is 24.3 Å². The summed E-state index contributed by atoms with van der Waals surface area (Å²) in [7, 11) is 2.37. The van der Waals surface area contributed by atoms with Gasteiger partial charge in [0.15, 0.2) is 0 Å². The number of methoxy groups -OCH3 is 2. The lowest BCUT2D eigenvalue weighted by atomic mass is 9.96. The van der Waals surface area contributed by atoms with Gasteiger partial charge in [-0.15, -0.1) is 0 Å². The van der Waals surface area contributed by atoms with Crippen molar-refractivity contribution in [2.24, 2.45) is 5.92 Å². The molecule has 6 nitrogen and oxygen atoms in total. The van der Waals surface area contributed by atoms with E-state index >= 15 is 0 Å². The zero-order chi connectivity index (χ0) is 16.5. The van der Waals surface area contributed by atoms with Crippen LogP contribution in [0.3, 0.4) is 0 Å². The van der Waals surface area contributed by atoms with E-state index in [-0.39, 0.29) is 18.3 Å². The standard InChI is InChI=1S/C15H19FO6/c1-10(8-11-4-6-12(16)7-5-11)13(22-15(18)20-3)9-21-14(17)19-2/h4-7,10,13H,8-9H2,1-3H3. The Morgan fingerprint density at radius 3 is 2.23 bits per heavy atom. The van der Waals surface area contributed by atoms with Gasteiger partial charge in [0.25, 0.3) is 0 Å². The van der Waals surface area contributed by atoms with E-state index in [1.807, 2.05) is 6.92 Å². The molecule has 2 unspecified atom stereocenters. The normalized spacial score (nSPS) is 12.9. The van der Waals surface area contributed by atoms with E-state index in [1.165, 1.54) is 26.4 Å². The second-order valence-corrected chi connectivity index (χ2v) is 4.68. The third-order valence-corrected chi connectivity index (χ3v) is 3.05. The SMILES string of the molecule is COC(=O)OCC(OC(=O)OC)C(C)Cc1ccc(F)cc1. The Kier molecular flexibility index (Phi) is 7.15. The number of rotatable bonds is 6. The maximum Gasteiger partial charge on any atom is 0.508 e. The van der Waals surface area contributed by atoms with Gasteiger partial charge in [0.05, 0.1) is 14.2 Å². The van der Waals surface area contributed by atoms with Crippen LogP contribution >= 0.6 is 0 Å². The van der Waals surface area contributed by atoms with E-state index in [1.54, 1.807) is 12.1 Å². The monoisotopic (exact) mass is 314 g/mol. The van der Waals surface area contributed by atoms with Crippen LogP contribution in [-0.2, 0) is 25.4 Å². The second-order valence-electron chi connectivity index (χ2n) is 4.68. The quantitative estimate of drug-likeness (QED) is 0.752. The van der Waals surface area contributed by atoms with Gasteiger partial charge in [0.1, 0.15) is 18.5 Å². The molecule has 0 N–H and O–H groups in total. The van der Waals surface area contributed by atoms with Gasteiger partial charge in [-0.25, -0.2) is 14.0 Å². The van der Waals surface area contributed by atoms with E-state index < -0.39 is 18.4 Å². The molecule has 2 atom stereocenters. The number of ether oxygens (including phenoxy) is 4. The van der Waals surface area contributed by atoms with Crippen molar-refractivity contribution < 1.29 is 32.9 Å². The third-order valence-electron chi connectivity index (χ3n) is 3.05. The lowest BCUT2D eigenvalue weighted by Gasteiger charge is -2.23. The molecule has 0 aliphatic rings. The smallest absolute Gasteiger partial charge is 0.438 e. The fourth-order valence-electron chi connectivity index (χ4n) is 1.82. The van der Waals surface area contributed by atoms with Crippen molar-refractivity contribution in [1.82, 2.24) is 0 Å². The molecule has 0 aromatic heterocycles. The first kappa shape index (κ1) is 17.7. The van der Waals surface area contributed by atoms with Gasteiger partial charge in [0.2, 0.25) is 0 Å². The van der Waals surface area contributed by atoms with Crippen molar-refractivity contribution in [1.29, 1.82) is 0 Å². The van der Waals surface area contributed by atoms with E-state index in [4.69, 9.17) is 9.47 Å². The number of carbonyl (C=O) groups is 2. The maximum atomic E-state index is 12.9. The van der Waals surface area contributed by atoms with Crippen LogP contribution in [0.2, 0.25) is 0 Å². The number of halogens is 1. The van der Waals surface area contributed by atoms with Gasteiger partial charge in [-0.2, -0.15) is 0 Å². The molecule has 0 bridgehead atoms. The zero-order valence-corrected chi connectivity index (χ0v) is 12.7. The predicted octanol–water partition coefficient (Wildman–Crippen LogP) is 2.94. The van der Waals surface area contributed by atoms with Crippen molar-refractivity contribution in [3.63, 3.8) is 0 Å². The fourth-order valence-corrected chi connectivity index (χ4v) is 1.82. The Morgan fingerprint density at radius 2 is 1.68 bits per heavy atom. The van der Waals surface area contributed by atoms with Gasteiger partial charge in [-0.1, -0.05) is 19.1 Å². The summed E-state index contributed by atoms with van der Waals surface area (Å²) in [6.07, 6.45) is -1.94. The highest BCUT2D eigenvalue weighted by molar-refractivity contribution is 5.60. The first-order valence-corrected chi connectivity index (χ1v) is 6.66. The third kappa shape index (κ3) is 5.99. The molecule has 0 saturated heterocycles. The first-order valence-electron chi connectivity index (χ1n) is 6.66. The molecule has 1 rings (SSSR count). The van der Waals surface area contributed by atoms with Gasteiger partial charge in [0, 0.05) is 5.92 Å². The van der Waals surface area contributed by atoms with Crippen molar-refractivity contribution in [3.8, 4) is 0 Å². The van der Waals surface area contributed by atoms with Crippen LogP contribution in [0.4, 0.5) is 14.0 Å². The average molecular weight is 314 g/mol. The molecule has 0 radical (unpaired) electrons. The van der Waals surface area contributed by atoms with Gasteiger partial charge >= 0.3 is 12.3 Å². The van der Waals surface area contributed by atoms with Crippen LogP contribution in [0.5, 0.6) is 0 Å². The minimum Gasteiger partial charge on any atom is -0.438 e. The summed E-state index contributed by atoms with van der Waals surface area (Å²) in [6, 6.07) is 5.98. The molecular formula is C15H19FO6. The summed E-state index contributed by atoms with van der Waals surface area (Å²) in [4.78, 5) is 22.3. The summed E-state index contributed by atoms with van der Waals surface area (Å²) >= 11 is 0. The minimum atomic E-state index is -0.871. The minimum absolute atomic E-state index is 0.163. The molecule has 0 spiro atoms. The summed E-state index contributed by atoms with van der Waals surface area (Å²) in [5, 5.41) is 0. The molecule has 0 aliphatic carbocycles. The molecule has 1 aromatic rings. The van der Waals surface area contributed by atoms with Gasteiger partial charge in [-0.3, -0.25) is 0 Å². The molecule has 0 saturated carbocycles. The number of benzene rings is 1. The highest BCUT2D eigenvalue weighted by atomic mass is 19.1. The molecule has 1 aromatic carbocycles. The van der Waals surface area contributed by atoms with Crippen LogP contribution in [0, 0.1) is 11.7 Å². The van der Waals surface area contributed by atoms with Crippen LogP contribution in [0.1, 0.15) is 12.5 Å². The summed E-state index contributed by atoms with van der Waals surface area (Å²) in [6.45, 7) is 1.65. The maximum absolute atomic E-state index is 12.9. The predicted molar refractivity (Wildman–Crippen MR) is 74.9 cm³/mol. The highest BCUT2D eigenvalue weighted by Gasteiger charge is 2.24. The van der Waals surface area contributed by atoms with E-state index in [0.717, 1.165) is 5.56 Å². The average Bonchev–Trinajstić information content (AvgIpc) is 2.52. The first-order chi connectivity index (χ1) is 10.5. The van der Waals surface area contributed by atoms with E-state index in [9.17, 15) is 14.0 Å². The Hall–Kier alpha value is -2.31. The lowest BCUT2D eigenvalue weighted by Crippen LogP contribution is -2.32. The topological polar surface area (TPSA) is 71.1 Å². The molecule has 0 heterocycles. The largest absolute Gasteiger partial charge is 0.508 e. The Bertz CT molecular complexity index is 487. The van der Waals surface area contributed by atoms with Crippen molar-refractivity contribution in [2.45, 2.75) is 19.4 Å². The number of carbonyl (C=O) groups excluding carboxylic acids is 2. The van der Waals surface area contributed by atoms with Gasteiger partial charge in [-0.05, 0) is 24.1 Å². The zero-order valence-electron chi connectivity index (χ0n) is 12.7. The molecule has 22 heavy (non-hydrogen) atoms. The van der Waals surface area contributed by atoms with Crippen molar-refractivity contribution in [2.75, 3.05) is 20.8 Å². The Labute approximate surface area is 128 Å².